The van der Waals surface area contributed by atoms with E-state index in [2.05, 4.69) is 5.32 Å². The highest BCUT2D eigenvalue weighted by molar-refractivity contribution is 5.99. The molecule has 1 aromatic rings. The van der Waals surface area contributed by atoms with Crippen LogP contribution < -0.4 is 11.1 Å². The third-order valence-electron chi connectivity index (χ3n) is 3.83. The first kappa shape index (κ1) is 18.4. The highest BCUT2D eigenvalue weighted by atomic mass is 16.6. The summed E-state index contributed by atoms with van der Waals surface area (Å²) in [5, 5.41) is 13.7. The van der Waals surface area contributed by atoms with Gasteiger partial charge in [0.15, 0.2) is 0 Å². The van der Waals surface area contributed by atoms with E-state index in [0.29, 0.717) is 0 Å². The van der Waals surface area contributed by atoms with Crippen molar-refractivity contribution in [2.45, 2.75) is 32.2 Å². The van der Waals surface area contributed by atoms with Crippen molar-refractivity contribution in [2.75, 3.05) is 6.61 Å². The Balaban J connectivity index is 2.26. The van der Waals surface area contributed by atoms with Gasteiger partial charge in [-0.1, -0.05) is 0 Å². The molecule has 0 aliphatic heterocycles. The molecule has 0 radical (unpaired) electrons. The van der Waals surface area contributed by atoms with Crippen molar-refractivity contribution in [1.29, 1.82) is 0 Å². The first-order chi connectivity index (χ1) is 11.8. The number of rotatable bonds is 8. The van der Waals surface area contributed by atoms with Crippen LogP contribution >= 0.6 is 0 Å². The van der Waals surface area contributed by atoms with Crippen LogP contribution in [0.3, 0.4) is 0 Å². The zero-order chi connectivity index (χ0) is 18.6. The predicted octanol–water partition coefficient (Wildman–Crippen LogP) is 1.16. The van der Waals surface area contributed by atoms with Crippen LogP contribution in [-0.2, 0) is 9.53 Å². The number of nitro benzene ring substituents is 1. The summed E-state index contributed by atoms with van der Waals surface area (Å²) < 4.78 is 4.82. The number of nitrogens with zero attached hydrogens (tertiary/aromatic N) is 1. The first-order valence-electron chi connectivity index (χ1n) is 7.87. The first-order valence-corrected chi connectivity index (χ1v) is 7.87. The lowest BCUT2D eigenvalue weighted by Gasteiger charge is -2.17. The van der Waals surface area contributed by atoms with E-state index in [1.165, 1.54) is 6.07 Å². The Morgan fingerprint density at radius 1 is 1.32 bits per heavy atom. The molecular weight excluding hydrogens is 330 g/mol. The lowest BCUT2D eigenvalue weighted by molar-refractivity contribution is -0.384. The molecule has 9 nitrogen and oxygen atoms in total. The van der Waals surface area contributed by atoms with E-state index in [1.807, 2.05) is 0 Å². The van der Waals surface area contributed by atoms with Gasteiger partial charge in [0.05, 0.1) is 17.1 Å². The van der Waals surface area contributed by atoms with Crippen molar-refractivity contribution < 1.29 is 24.0 Å². The molecule has 0 unspecified atom stereocenters. The van der Waals surface area contributed by atoms with Gasteiger partial charge >= 0.3 is 5.97 Å². The highest BCUT2D eigenvalue weighted by Gasteiger charge is 2.33. The number of benzene rings is 1. The summed E-state index contributed by atoms with van der Waals surface area (Å²) >= 11 is 0. The van der Waals surface area contributed by atoms with E-state index in [9.17, 15) is 24.5 Å². The average Bonchev–Trinajstić information content (AvgIpc) is 3.38. The van der Waals surface area contributed by atoms with Crippen LogP contribution in [-0.4, -0.2) is 35.4 Å². The Morgan fingerprint density at radius 3 is 2.48 bits per heavy atom. The number of amides is 2. The monoisotopic (exact) mass is 349 g/mol. The zero-order valence-corrected chi connectivity index (χ0v) is 13.7. The number of nitro groups is 1. The van der Waals surface area contributed by atoms with E-state index in [4.69, 9.17) is 10.5 Å². The number of ether oxygens (including phenoxy) is 1. The van der Waals surface area contributed by atoms with Gasteiger partial charge in [-0.2, -0.15) is 0 Å². The molecule has 0 spiro atoms. The van der Waals surface area contributed by atoms with E-state index in [0.717, 1.165) is 25.0 Å². The molecule has 2 rings (SSSR count). The average molecular weight is 349 g/mol. The lowest BCUT2D eigenvalue weighted by Crippen LogP contribution is -2.39. The number of hydrogen-bond acceptors (Lipinski definition) is 6. The van der Waals surface area contributed by atoms with Crippen molar-refractivity contribution in [1.82, 2.24) is 5.32 Å². The topological polar surface area (TPSA) is 142 Å². The summed E-state index contributed by atoms with van der Waals surface area (Å²) in [7, 11) is 0. The molecule has 0 bridgehead atoms. The van der Waals surface area contributed by atoms with Crippen LogP contribution in [0, 0.1) is 16.0 Å². The highest BCUT2D eigenvalue weighted by Crippen LogP contribution is 2.34. The van der Waals surface area contributed by atoms with Crippen molar-refractivity contribution in [3.8, 4) is 0 Å². The largest absolute Gasteiger partial charge is 0.462 e. The fourth-order valence-electron chi connectivity index (χ4n) is 2.48. The van der Waals surface area contributed by atoms with E-state index in [1.54, 1.807) is 6.92 Å². The second-order valence-corrected chi connectivity index (χ2v) is 5.83. The fraction of sp³-hybridized carbons (Fsp3) is 0.438. The third kappa shape index (κ3) is 5.00. The van der Waals surface area contributed by atoms with E-state index >= 15 is 0 Å². The molecule has 1 aliphatic rings. The smallest absolute Gasteiger partial charge is 0.338 e. The van der Waals surface area contributed by atoms with Gasteiger partial charge in [-0.25, -0.2) is 4.79 Å². The van der Waals surface area contributed by atoms with Gasteiger partial charge in [-0.15, -0.1) is 0 Å². The molecule has 1 saturated carbocycles. The number of nitrogens with two attached hydrogens (primary N) is 1. The Bertz CT molecular complexity index is 714. The molecule has 0 saturated heterocycles. The van der Waals surface area contributed by atoms with Gasteiger partial charge < -0.3 is 15.8 Å². The van der Waals surface area contributed by atoms with E-state index < -0.39 is 34.4 Å². The second kappa shape index (κ2) is 7.73. The van der Waals surface area contributed by atoms with Crippen LogP contribution in [0.2, 0.25) is 0 Å². The molecule has 1 aromatic carbocycles. The molecule has 3 N–H and O–H groups in total. The third-order valence-corrected chi connectivity index (χ3v) is 3.83. The normalized spacial score (nSPS) is 14.4. The molecule has 0 heterocycles. The van der Waals surface area contributed by atoms with E-state index in [-0.39, 0.29) is 30.1 Å². The standard InChI is InChI=1S/C16H19N3O6/c1-2-25-16(22)11-5-10(6-12(7-11)19(23)24)15(21)18-13(8-14(17)20)9-3-4-9/h5-7,9,13H,2-4,8H2,1H3,(H2,17,20)(H,18,21)/t13-/m1/s1. The second-order valence-electron chi connectivity index (χ2n) is 5.83. The SMILES string of the molecule is CCOC(=O)c1cc(C(=O)N[C@H](CC(N)=O)C2CC2)cc([N+](=O)[O-])c1. The maximum Gasteiger partial charge on any atom is 0.338 e. The minimum absolute atomic E-state index is 0.00390. The maximum atomic E-state index is 12.4. The van der Waals surface area contributed by atoms with Crippen LogP contribution in [0.15, 0.2) is 18.2 Å². The molecule has 2 amide bonds. The zero-order valence-electron chi connectivity index (χ0n) is 13.7. The summed E-state index contributed by atoms with van der Waals surface area (Å²) in [6.07, 6.45) is 1.75. The number of nitrogens with one attached hydrogen (secondary N) is 1. The number of esters is 1. The van der Waals surface area contributed by atoms with Crippen LogP contribution in [0.5, 0.6) is 0 Å². The quantitative estimate of drug-likeness (QED) is 0.410. The molecule has 1 aliphatic carbocycles. The van der Waals surface area contributed by atoms with Gasteiger partial charge in [-0.3, -0.25) is 19.7 Å². The van der Waals surface area contributed by atoms with Crippen molar-refractivity contribution >= 4 is 23.5 Å². The number of primary amides is 1. The molecule has 0 aromatic heterocycles. The summed E-state index contributed by atoms with van der Waals surface area (Å²) in [6.45, 7) is 1.71. The van der Waals surface area contributed by atoms with Gasteiger partial charge in [0, 0.05) is 30.2 Å². The summed E-state index contributed by atoms with van der Waals surface area (Å²) in [5.74, 6) is -1.73. The molecule has 25 heavy (non-hydrogen) atoms. The molecule has 1 atom stereocenters. The molecule has 9 heteroatoms. The fourth-order valence-corrected chi connectivity index (χ4v) is 2.48. The van der Waals surface area contributed by atoms with Crippen LogP contribution in [0.4, 0.5) is 5.69 Å². The minimum Gasteiger partial charge on any atom is -0.462 e. The predicted molar refractivity (Wildman–Crippen MR) is 86.8 cm³/mol. The Hall–Kier alpha value is -2.97. The van der Waals surface area contributed by atoms with Crippen molar-refractivity contribution in [3.05, 3.63) is 39.4 Å². The molecular formula is C16H19N3O6. The Morgan fingerprint density at radius 2 is 1.96 bits per heavy atom. The molecule has 134 valence electrons. The van der Waals surface area contributed by atoms with Crippen LogP contribution in [0.25, 0.3) is 0 Å². The summed E-state index contributed by atoms with van der Waals surface area (Å²) in [6, 6.07) is 2.94. The van der Waals surface area contributed by atoms with Crippen molar-refractivity contribution in [2.24, 2.45) is 11.7 Å². The Labute approximate surface area is 143 Å². The summed E-state index contributed by atoms with van der Waals surface area (Å²) in [5.41, 5.74) is 4.67. The van der Waals surface area contributed by atoms with Gasteiger partial charge in [0.2, 0.25) is 5.91 Å². The number of carbonyl (C=O) groups excluding carboxylic acids is 3. The van der Waals surface area contributed by atoms with Gasteiger partial charge in [0.1, 0.15) is 0 Å². The number of hydrogen-bond donors (Lipinski definition) is 2. The minimum atomic E-state index is -0.754. The lowest BCUT2D eigenvalue weighted by atomic mass is 10.1. The Kier molecular flexibility index (Phi) is 5.68. The summed E-state index contributed by atoms with van der Waals surface area (Å²) in [4.78, 5) is 45.8. The number of carbonyl (C=O) groups is 3. The molecule has 1 fully saturated rings. The van der Waals surface area contributed by atoms with Crippen molar-refractivity contribution in [3.63, 3.8) is 0 Å². The van der Waals surface area contributed by atoms with Gasteiger partial charge in [-0.05, 0) is 31.7 Å². The maximum absolute atomic E-state index is 12.4. The van der Waals surface area contributed by atoms with Gasteiger partial charge in [0.25, 0.3) is 11.6 Å². The van der Waals surface area contributed by atoms with Crippen LogP contribution in [0.1, 0.15) is 46.9 Å². The number of non-ortho nitro benzene ring substituents is 1.